The van der Waals surface area contributed by atoms with Crippen molar-refractivity contribution in [3.05, 3.63) is 35.9 Å². The summed E-state index contributed by atoms with van der Waals surface area (Å²) in [5, 5.41) is 10.4. The van der Waals surface area contributed by atoms with Crippen molar-refractivity contribution in [3.63, 3.8) is 0 Å². The Balaban J connectivity index is 2.86. The molecule has 0 aliphatic rings. The van der Waals surface area contributed by atoms with Gasteiger partial charge in [-0.1, -0.05) is 30.3 Å². The van der Waals surface area contributed by atoms with Crippen LogP contribution in [-0.4, -0.2) is 29.7 Å². The van der Waals surface area contributed by atoms with Crippen molar-refractivity contribution in [2.45, 2.75) is 18.1 Å². The highest BCUT2D eigenvalue weighted by Gasteiger charge is 2.63. The summed E-state index contributed by atoms with van der Waals surface area (Å²) in [5.74, 6) is -8.00. The molecule has 106 valence electrons. The third-order valence-electron chi connectivity index (χ3n) is 2.33. The summed E-state index contributed by atoms with van der Waals surface area (Å²) < 4.78 is 61.3. The number of aliphatic hydroxyl groups excluding tert-OH is 1. The summed E-state index contributed by atoms with van der Waals surface area (Å²) in [5.41, 5.74) is 0.219. The minimum Gasteiger partial charge on any atom is -0.394 e. The van der Waals surface area contributed by atoms with Gasteiger partial charge in [0.05, 0.1) is 12.6 Å². The Morgan fingerprint density at radius 2 is 1.68 bits per heavy atom. The van der Waals surface area contributed by atoms with Crippen molar-refractivity contribution in [3.8, 4) is 0 Å². The van der Waals surface area contributed by atoms with Crippen LogP contribution in [0, 0.1) is 0 Å². The van der Waals surface area contributed by atoms with Gasteiger partial charge in [0, 0.05) is 0 Å². The van der Waals surface area contributed by atoms with Crippen molar-refractivity contribution in [1.29, 1.82) is 0 Å². The maximum absolute atomic E-state index is 12.7. The molecule has 3 nitrogen and oxygen atoms in total. The number of hydrogen-bond donors (Lipinski definition) is 2. The van der Waals surface area contributed by atoms with Crippen LogP contribution in [0.3, 0.4) is 0 Å². The van der Waals surface area contributed by atoms with E-state index in [4.69, 9.17) is 5.11 Å². The first kappa shape index (κ1) is 15.4. The van der Waals surface area contributed by atoms with Crippen molar-refractivity contribution in [2.24, 2.45) is 0 Å². The largest absolute Gasteiger partial charge is 0.463 e. The minimum absolute atomic E-state index is 0.219. The van der Waals surface area contributed by atoms with E-state index in [0.717, 1.165) is 0 Å². The Kier molecular flexibility index (Phi) is 4.46. The van der Waals surface area contributed by atoms with Gasteiger partial charge in [-0.15, -0.1) is 0 Å². The number of amides is 1. The van der Waals surface area contributed by atoms with Gasteiger partial charge in [-0.05, 0) is 5.56 Å². The van der Waals surface area contributed by atoms with Gasteiger partial charge in [-0.25, -0.2) is 0 Å². The molecule has 0 heterocycles. The Labute approximate surface area is 105 Å². The highest BCUT2D eigenvalue weighted by atomic mass is 19.4. The van der Waals surface area contributed by atoms with Crippen LogP contribution in [0.25, 0.3) is 0 Å². The average molecular weight is 283 g/mol. The fraction of sp³-hybridized carbons (Fsp3) is 0.364. The molecule has 1 unspecified atom stereocenters. The van der Waals surface area contributed by atoms with E-state index in [-0.39, 0.29) is 5.56 Å². The molecule has 1 aromatic rings. The highest BCUT2D eigenvalue weighted by Crippen LogP contribution is 2.35. The van der Waals surface area contributed by atoms with Crippen LogP contribution in [0.4, 0.5) is 22.0 Å². The molecule has 0 aliphatic carbocycles. The van der Waals surface area contributed by atoms with E-state index in [1.54, 1.807) is 6.07 Å². The van der Waals surface area contributed by atoms with Gasteiger partial charge < -0.3 is 10.4 Å². The van der Waals surface area contributed by atoms with E-state index in [0.29, 0.717) is 0 Å². The lowest BCUT2D eigenvalue weighted by molar-refractivity contribution is -0.270. The number of carbonyl (C=O) groups is 1. The summed E-state index contributed by atoms with van der Waals surface area (Å²) in [6, 6.07) is 6.00. The second-order valence-electron chi connectivity index (χ2n) is 3.69. The van der Waals surface area contributed by atoms with Gasteiger partial charge in [0.1, 0.15) is 0 Å². The smallest absolute Gasteiger partial charge is 0.394 e. The molecular weight excluding hydrogens is 273 g/mol. The molecule has 0 aromatic heterocycles. The Hall–Kier alpha value is -1.70. The summed E-state index contributed by atoms with van der Waals surface area (Å²) in [6.45, 7) is -0.802. The molecule has 0 saturated carbocycles. The molecule has 1 rings (SSSR count). The predicted octanol–water partition coefficient (Wildman–Crippen LogP) is 2.03. The molecule has 0 radical (unpaired) electrons. The van der Waals surface area contributed by atoms with E-state index in [9.17, 15) is 26.7 Å². The standard InChI is InChI=1S/C11H10F5NO2/c12-10(13,11(14,15)16)9(19)17-8(6-18)7-4-2-1-3-5-7/h1-5,8,18H,6H2,(H,17,19). The predicted molar refractivity (Wildman–Crippen MR) is 55.4 cm³/mol. The maximum Gasteiger partial charge on any atom is 0.463 e. The number of aliphatic hydroxyl groups is 1. The van der Waals surface area contributed by atoms with Crippen molar-refractivity contribution < 1.29 is 31.9 Å². The van der Waals surface area contributed by atoms with Crippen molar-refractivity contribution >= 4 is 5.91 Å². The summed E-state index contributed by atoms with van der Waals surface area (Å²) in [6.07, 6.45) is -5.98. The van der Waals surface area contributed by atoms with Crippen LogP contribution >= 0.6 is 0 Å². The Morgan fingerprint density at radius 1 is 1.16 bits per heavy atom. The van der Waals surface area contributed by atoms with Gasteiger partial charge >= 0.3 is 18.0 Å². The molecule has 1 aromatic carbocycles. The zero-order valence-corrected chi connectivity index (χ0v) is 9.42. The van der Waals surface area contributed by atoms with Gasteiger partial charge in [-0.3, -0.25) is 4.79 Å². The molecule has 2 N–H and O–H groups in total. The second kappa shape index (κ2) is 5.52. The first-order valence-electron chi connectivity index (χ1n) is 5.11. The fourth-order valence-electron chi connectivity index (χ4n) is 1.30. The number of hydrogen-bond acceptors (Lipinski definition) is 2. The number of halogens is 5. The number of benzene rings is 1. The quantitative estimate of drug-likeness (QED) is 0.831. The molecule has 0 bridgehead atoms. The molecular formula is C11H10F5NO2. The van der Waals surface area contributed by atoms with Gasteiger partial charge in [0.2, 0.25) is 0 Å². The van der Waals surface area contributed by atoms with E-state index in [2.05, 4.69) is 0 Å². The molecule has 0 saturated heterocycles. The molecule has 0 aliphatic heterocycles. The first-order chi connectivity index (χ1) is 8.70. The second-order valence-corrected chi connectivity index (χ2v) is 3.69. The lowest BCUT2D eigenvalue weighted by atomic mass is 10.1. The lowest BCUT2D eigenvalue weighted by Gasteiger charge is -2.22. The van der Waals surface area contributed by atoms with Crippen LogP contribution in [0.2, 0.25) is 0 Å². The van der Waals surface area contributed by atoms with Crippen LogP contribution in [0.1, 0.15) is 11.6 Å². The Bertz CT molecular complexity index is 432. The minimum atomic E-state index is -5.98. The van der Waals surface area contributed by atoms with E-state index in [1.165, 1.54) is 29.6 Å². The number of alkyl halides is 5. The summed E-state index contributed by atoms with van der Waals surface area (Å²) in [4.78, 5) is 11.0. The highest BCUT2D eigenvalue weighted by molar-refractivity contribution is 5.84. The average Bonchev–Trinajstić information content (AvgIpc) is 2.35. The number of carbonyl (C=O) groups excluding carboxylic acids is 1. The van der Waals surface area contributed by atoms with Crippen LogP contribution in [0.15, 0.2) is 30.3 Å². The molecule has 0 spiro atoms. The van der Waals surface area contributed by atoms with Gasteiger partial charge in [0.25, 0.3) is 0 Å². The van der Waals surface area contributed by atoms with E-state index >= 15 is 0 Å². The molecule has 0 fully saturated rings. The normalized spacial score (nSPS) is 14.0. The number of nitrogens with one attached hydrogen (secondary N) is 1. The molecule has 1 amide bonds. The zero-order valence-electron chi connectivity index (χ0n) is 9.42. The van der Waals surface area contributed by atoms with Gasteiger partial charge in [-0.2, -0.15) is 22.0 Å². The van der Waals surface area contributed by atoms with Gasteiger partial charge in [0.15, 0.2) is 0 Å². The summed E-state index contributed by atoms with van der Waals surface area (Å²) in [7, 11) is 0. The maximum atomic E-state index is 12.7. The van der Waals surface area contributed by atoms with Crippen LogP contribution < -0.4 is 5.32 Å². The Morgan fingerprint density at radius 3 is 2.11 bits per heavy atom. The third kappa shape index (κ3) is 3.40. The van der Waals surface area contributed by atoms with Crippen LogP contribution in [-0.2, 0) is 4.79 Å². The first-order valence-corrected chi connectivity index (χ1v) is 5.11. The van der Waals surface area contributed by atoms with Crippen LogP contribution in [0.5, 0.6) is 0 Å². The summed E-state index contributed by atoms with van der Waals surface area (Å²) >= 11 is 0. The van der Waals surface area contributed by atoms with E-state index in [1.807, 2.05) is 0 Å². The molecule has 8 heteroatoms. The third-order valence-corrected chi connectivity index (χ3v) is 2.33. The molecule has 19 heavy (non-hydrogen) atoms. The van der Waals surface area contributed by atoms with Crippen molar-refractivity contribution in [1.82, 2.24) is 5.32 Å². The monoisotopic (exact) mass is 283 g/mol. The van der Waals surface area contributed by atoms with Crippen molar-refractivity contribution in [2.75, 3.05) is 6.61 Å². The zero-order chi connectivity index (χ0) is 14.7. The van der Waals surface area contributed by atoms with E-state index < -0.39 is 30.7 Å². The SMILES string of the molecule is O=C(NC(CO)c1ccccc1)C(F)(F)C(F)(F)F. The number of rotatable bonds is 4. The lowest BCUT2D eigenvalue weighted by Crippen LogP contribution is -2.51. The fourth-order valence-corrected chi connectivity index (χ4v) is 1.30. The molecule has 1 atom stereocenters. The topological polar surface area (TPSA) is 49.3 Å².